The maximum atomic E-state index is 6.46. The van der Waals surface area contributed by atoms with Crippen LogP contribution in [-0.4, -0.2) is 27.5 Å². The topological polar surface area (TPSA) is 24.0 Å². The van der Waals surface area contributed by atoms with Gasteiger partial charge in [-0.2, -0.15) is 0 Å². The Morgan fingerprint density at radius 1 is 1.48 bits per heavy atom. The van der Waals surface area contributed by atoms with Gasteiger partial charge in [0.1, 0.15) is 0 Å². The van der Waals surface area contributed by atoms with Gasteiger partial charge in [-0.05, 0) is 45.1 Å². The monoisotopic (exact) mass is 321 g/mol. The van der Waals surface area contributed by atoms with Crippen LogP contribution >= 0.6 is 23.8 Å². The fraction of sp³-hybridized carbons (Fsp3) is 0.438. The summed E-state index contributed by atoms with van der Waals surface area (Å²) in [7, 11) is 0. The molecule has 0 saturated carbocycles. The van der Waals surface area contributed by atoms with Crippen molar-refractivity contribution in [1.82, 2.24) is 14.5 Å². The molecule has 0 amide bonds. The van der Waals surface area contributed by atoms with Gasteiger partial charge in [-0.1, -0.05) is 23.3 Å². The van der Waals surface area contributed by atoms with E-state index in [1.165, 1.54) is 16.7 Å². The van der Waals surface area contributed by atoms with Crippen LogP contribution < -0.4 is 0 Å². The second-order valence-corrected chi connectivity index (χ2v) is 6.84. The number of aromatic nitrogens is 2. The van der Waals surface area contributed by atoms with Crippen molar-refractivity contribution in [2.24, 2.45) is 0 Å². The van der Waals surface area contributed by atoms with Crippen molar-refractivity contribution in [3.05, 3.63) is 39.1 Å². The van der Waals surface area contributed by atoms with Crippen molar-refractivity contribution in [2.45, 2.75) is 33.4 Å². The van der Waals surface area contributed by atoms with Crippen LogP contribution in [0.15, 0.2) is 23.8 Å². The molecule has 1 aliphatic heterocycles. The van der Waals surface area contributed by atoms with Gasteiger partial charge >= 0.3 is 0 Å². The van der Waals surface area contributed by atoms with Crippen molar-refractivity contribution >= 4 is 34.9 Å². The lowest BCUT2D eigenvalue weighted by molar-refractivity contribution is 0.263. The molecule has 0 saturated heterocycles. The minimum Gasteiger partial charge on any atom is -0.331 e. The summed E-state index contributed by atoms with van der Waals surface area (Å²) in [4.78, 5) is 5.73. The lowest BCUT2D eigenvalue weighted by Gasteiger charge is -2.22. The number of nitrogens with zero attached hydrogens (tertiary/aromatic N) is 2. The summed E-state index contributed by atoms with van der Waals surface area (Å²) in [6.07, 6.45) is 2.27. The van der Waals surface area contributed by atoms with Crippen LogP contribution in [0.3, 0.4) is 0 Å². The normalized spacial score (nSPS) is 18.8. The van der Waals surface area contributed by atoms with Crippen molar-refractivity contribution in [2.75, 3.05) is 13.1 Å². The maximum absolute atomic E-state index is 6.46. The Bertz CT molecular complexity index is 768. The van der Waals surface area contributed by atoms with E-state index in [-0.39, 0.29) is 0 Å². The first-order chi connectivity index (χ1) is 9.97. The molecular weight excluding hydrogens is 302 g/mol. The Kier molecular flexibility index (Phi) is 3.95. The van der Waals surface area contributed by atoms with Gasteiger partial charge in [0.05, 0.1) is 11.0 Å². The molecule has 112 valence electrons. The molecule has 0 fully saturated rings. The average molecular weight is 322 g/mol. The van der Waals surface area contributed by atoms with Crippen molar-refractivity contribution in [1.29, 1.82) is 0 Å². The van der Waals surface area contributed by atoms with Crippen LogP contribution in [0.4, 0.5) is 0 Å². The minimum absolute atomic E-state index is 0.330. The molecule has 2 heterocycles. The van der Waals surface area contributed by atoms with Crippen molar-refractivity contribution < 1.29 is 0 Å². The van der Waals surface area contributed by atoms with E-state index in [0.717, 1.165) is 34.9 Å². The van der Waals surface area contributed by atoms with E-state index < -0.39 is 0 Å². The van der Waals surface area contributed by atoms with Gasteiger partial charge in [0, 0.05) is 36.3 Å². The summed E-state index contributed by atoms with van der Waals surface area (Å²) < 4.78 is 3.00. The summed E-state index contributed by atoms with van der Waals surface area (Å²) in [6, 6.07) is 4.31. The molecule has 1 atom stereocenters. The van der Waals surface area contributed by atoms with Gasteiger partial charge in [0.2, 0.25) is 0 Å². The molecule has 0 radical (unpaired) electrons. The molecule has 1 aromatic carbocycles. The minimum atomic E-state index is 0.330. The van der Waals surface area contributed by atoms with Crippen LogP contribution in [0.5, 0.6) is 0 Å². The number of hydrogen-bond acceptors (Lipinski definition) is 2. The van der Waals surface area contributed by atoms with Gasteiger partial charge < -0.3 is 9.55 Å². The summed E-state index contributed by atoms with van der Waals surface area (Å²) in [5.74, 6) is 0. The van der Waals surface area contributed by atoms with E-state index >= 15 is 0 Å². The predicted octanol–water partition coefficient (Wildman–Crippen LogP) is 4.70. The van der Waals surface area contributed by atoms with Crippen LogP contribution in [0.25, 0.3) is 11.0 Å². The van der Waals surface area contributed by atoms with Gasteiger partial charge in [-0.25, -0.2) is 0 Å². The molecule has 1 aromatic heterocycles. The largest absolute Gasteiger partial charge is 0.331 e. The number of hydrogen-bond donors (Lipinski definition) is 1. The smallest absolute Gasteiger partial charge is 0.178 e. The highest BCUT2D eigenvalue weighted by Crippen LogP contribution is 2.32. The molecule has 2 aromatic rings. The number of nitrogens with one attached hydrogen (secondary N) is 1. The first kappa shape index (κ1) is 14.8. The van der Waals surface area contributed by atoms with E-state index in [4.69, 9.17) is 23.8 Å². The fourth-order valence-electron chi connectivity index (χ4n) is 3.03. The number of aromatic amines is 1. The molecule has 1 N–H and O–H groups in total. The second kappa shape index (κ2) is 5.59. The number of H-pyrrole nitrogens is 1. The Hall–Kier alpha value is -1.10. The third kappa shape index (κ3) is 2.68. The second-order valence-electron chi connectivity index (χ2n) is 6.05. The quantitative estimate of drug-likeness (QED) is 0.640. The summed E-state index contributed by atoms with van der Waals surface area (Å²) in [5, 5.41) is 0.821. The summed E-state index contributed by atoms with van der Waals surface area (Å²) in [6.45, 7) is 9.26. The predicted molar refractivity (Wildman–Crippen MR) is 91.6 cm³/mol. The third-order valence-corrected chi connectivity index (χ3v) is 4.68. The first-order valence-corrected chi connectivity index (χ1v) is 8.03. The molecule has 5 heteroatoms. The molecule has 0 bridgehead atoms. The van der Waals surface area contributed by atoms with Gasteiger partial charge in [0.25, 0.3) is 0 Å². The van der Waals surface area contributed by atoms with Crippen LogP contribution in [0, 0.1) is 4.77 Å². The van der Waals surface area contributed by atoms with Crippen LogP contribution in [-0.2, 0) is 6.54 Å². The van der Waals surface area contributed by atoms with Crippen LogP contribution in [0.2, 0.25) is 5.02 Å². The van der Waals surface area contributed by atoms with E-state index in [2.05, 4.69) is 41.3 Å². The van der Waals surface area contributed by atoms with E-state index in [0.29, 0.717) is 6.04 Å². The summed E-state index contributed by atoms with van der Waals surface area (Å²) in [5.41, 5.74) is 4.76. The standard InChI is InChI=1S/C16H20ClN3S/c1-10(2)6-7-19-8-11(3)20-15-12(9-19)13(17)4-5-14(15)18-16(20)21/h4-6,11H,7-9H2,1-3H3,(H,18,21)/t11-/m0/s1. The molecule has 1 aliphatic rings. The third-order valence-electron chi connectivity index (χ3n) is 4.03. The van der Waals surface area contributed by atoms with Gasteiger partial charge in [0.15, 0.2) is 4.77 Å². The average Bonchev–Trinajstić information content (AvgIpc) is 2.66. The Morgan fingerprint density at radius 2 is 2.24 bits per heavy atom. The van der Waals surface area contributed by atoms with E-state index in [1.54, 1.807) is 0 Å². The highest BCUT2D eigenvalue weighted by atomic mass is 35.5. The highest BCUT2D eigenvalue weighted by Gasteiger charge is 2.23. The van der Waals surface area contributed by atoms with Crippen LogP contribution in [0.1, 0.15) is 32.4 Å². The number of halogens is 1. The zero-order valence-corrected chi connectivity index (χ0v) is 14.2. The number of allylic oxidation sites excluding steroid dienone is 1. The SMILES string of the molecule is CC(C)=CCN1Cc2c(Cl)ccc3[nH]c(=S)n(c23)[C@@H](C)C1. The molecule has 3 rings (SSSR count). The molecule has 0 aliphatic carbocycles. The molecule has 0 unspecified atom stereocenters. The number of benzene rings is 1. The van der Waals surface area contributed by atoms with E-state index in [9.17, 15) is 0 Å². The van der Waals surface area contributed by atoms with Crippen molar-refractivity contribution in [3.63, 3.8) is 0 Å². The number of rotatable bonds is 2. The molecule has 21 heavy (non-hydrogen) atoms. The Morgan fingerprint density at radius 3 is 2.95 bits per heavy atom. The fourth-order valence-corrected chi connectivity index (χ4v) is 3.62. The van der Waals surface area contributed by atoms with Gasteiger partial charge in [-0.3, -0.25) is 4.90 Å². The zero-order chi connectivity index (χ0) is 15.1. The molecular formula is C16H20ClN3S. The lowest BCUT2D eigenvalue weighted by atomic mass is 10.1. The number of imidazole rings is 1. The maximum Gasteiger partial charge on any atom is 0.178 e. The summed E-state index contributed by atoms with van der Waals surface area (Å²) >= 11 is 12.0. The lowest BCUT2D eigenvalue weighted by Crippen LogP contribution is -2.27. The van der Waals surface area contributed by atoms with Crippen molar-refractivity contribution in [3.8, 4) is 0 Å². The van der Waals surface area contributed by atoms with Gasteiger partial charge in [-0.15, -0.1) is 0 Å². The highest BCUT2D eigenvalue weighted by molar-refractivity contribution is 7.71. The molecule has 3 nitrogen and oxygen atoms in total. The van der Waals surface area contributed by atoms with E-state index in [1.807, 2.05) is 12.1 Å². The zero-order valence-electron chi connectivity index (χ0n) is 12.6. The Balaban J connectivity index is 2.13. The molecule has 0 spiro atoms. The first-order valence-electron chi connectivity index (χ1n) is 7.24. The Labute approximate surface area is 135 Å².